The van der Waals surface area contributed by atoms with Crippen LogP contribution >= 0.6 is 24.0 Å². The zero-order valence-corrected chi connectivity index (χ0v) is 20.4. The van der Waals surface area contributed by atoms with Crippen molar-refractivity contribution in [3.05, 3.63) is 64.7 Å². The standard InChI is InChI=1S/C24H34N4O.HI/c1-3-18-10-7-11-19(4-2)23(18)27-24(25)26-16-20-8-5-6-9-21(20)17-28-14-12-22(29)13-15-28;/h5-11,22,29H,3-4,12-17H2,1-2H3,(H3,25,26,27);1H. The fourth-order valence-corrected chi connectivity index (χ4v) is 3.93. The van der Waals surface area contributed by atoms with Crippen molar-refractivity contribution in [3.8, 4) is 0 Å². The lowest BCUT2D eigenvalue weighted by molar-refractivity contribution is 0.0791. The van der Waals surface area contributed by atoms with Crippen molar-refractivity contribution in [1.82, 2.24) is 4.90 Å². The summed E-state index contributed by atoms with van der Waals surface area (Å²) in [5, 5.41) is 13.1. The molecule has 1 fully saturated rings. The molecule has 1 aliphatic rings. The summed E-state index contributed by atoms with van der Waals surface area (Å²) < 4.78 is 0. The van der Waals surface area contributed by atoms with Crippen LogP contribution in [-0.4, -0.2) is 35.2 Å². The second kappa shape index (κ2) is 12.3. The molecule has 0 atom stereocenters. The molecule has 1 saturated heterocycles. The highest BCUT2D eigenvalue weighted by molar-refractivity contribution is 14.0. The number of likely N-dealkylation sites (tertiary alicyclic amines) is 1. The average Bonchev–Trinajstić information content (AvgIpc) is 2.75. The van der Waals surface area contributed by atoms with Gasteiger partial charge in [0.25, 0.3) is 0 Å². The summed E-state index contributed by atoms with van der Waals surface area (Å²) in [7, 11) is 0. The Morgan fingerprint density at radius 2 is 1.57 bits per heavy atom. The average molecular weight is 522 g/mol. The van der Waals surface area contributed by atoms with Crippen LogP contribution in [0, 0.1) is 0 Å². The number of aryl methyl sites for hydroxylation is 2. The highest BCUT2D eigenvalue weighted by Gasteiger charge is 2.17. The molecule has 0 aliphatic carbocycles. The van der Waals surface area contributed by atoms with Gasteiger partial charge in [-0.25, -0.2) is 4.99 Å². The van der Waals surface area contributed by atoms with E-state index in [1.54, 1.807) is 0 Å². The summed E-state index contributed by atoms with van der Waals surface area (Å²) in [6.07, 6.45) is 3.48. The number of aliphatic imine (C=N–C) groups is 1. The van der Waals surface area contributed by atoms with Crippen LogP contribution < -0.4 is 11.1 Å². The van der Waals surface area contributed by atoms with Gasteiger partial charge in [0.1, 0.15) is 0 Å². The molecule has 2 aromatic carbocycles. The Hall–Kier alpha value is -1.64. The van der Waals surface area contributed by atoms with Crippen LogP contribution in [0.4, 0.5) is 5.69 Å². The van der Waals surface area contributed by atoms with Crippen LogP contribution in [0.5, 0.6) is 0 Å². The van der Waals surface area contributed by atoms with Gasteiger partial charge in [-0.3, -0.25) is 4.90 Å². The third kappa shape index (κ3) is 6.68. The summed E-state index contributed by atoms with van der Waals surface area (Å²) >= 11 is 0. The van der Waals surface area contributed by atoms with Gasteiger partial charge in [0.2, 0.25) is 0 Å². The fraction of sp³-hybridized carbons (Fsp3) is 0.458. The van der Waals surface area contributed by atoms with Gasteiger partial charge in [0, 0.05) is 25.3 Å². The minimum Gasteiger partial charge on any atom is -0.393 e. The number of aliphatic hydroxyl groups excluding tert-OH is 1. The molecule has 2 aromatic rings. The largest absolute Gasteiger partial charge is 0.393 e. The molecule has 1 aliphatic heterocycles. The topological polar surface area (TPSA) is 73.9 Å². The lowest BCUT2D eigenvalue weighted by Gasteiger charge is -2.30. The maximum atomic E-state index is 9.72. The third-order valence-corrected chi connectivity index (χ3v) is 5.74. The second-order valence-electron chi connectivity index (χ2n) is 7.76. The molecule has 0 saturated carbocycles. The minimum atomic E-state index is -0.143. The molecule has 3 rings (SSSR count). The van der Waals surface area contributed by atoms with Crippen molar-refractivity contribution < 1.29 is 5.11 Å². The summed E-state index contributed by atoms with van der Waals surface area (Å²) in [5.74, 6) is 0.455. The molecular weight excluding hydrogens is 487 g/mol. The fourth-order valence-electron chi connectivity index (χ4n) is 3.93. The molecule has 6 heteroatoms. The van der Waals surface area contributed by atoms with E-state index in [0.717, 1.165) is 51.0 Å². The van der Waals surface area contributed by atoms with Gasteiger partial charge in [-0.2, -0.15) is 0 Å². The molecule has 30 heavy (non-hydrogen) atoms. The van der Waals surface area contributed by atoms with Gasteiger partial charge in [-0.15, -0.1) is 24.0 Å². The van der Waals surface area contributed by atoms with Crippen molar-refractivity contribution in [1.29, 1.82) is 0 Å². The van der Waals surface area contributed by atoms with Crippen LogP contribution in [0.25, 0.3) is 0 Å². The van der Waals surface area contributed by atoms with Crippen LogP contribution in [0.1, 0.15) is 48.9 Å². The van der Waals surface area contributed by atoms with Crippen molar-refractivity contribution >= 4 is 35.6 Å². The highest BCUT2D eigenvalue weighted by Crippen LogP contribution is 2.22. The highest BCUT2D eigenvalue weighted by atomic mass is 127. The van der Waals surface area contributed by atoms with Crippen molar-refractivity contribution in [2.45, 2.75) is 58.7 Å². The second-order valence-corrected chi connectivity index (χ2v) is 7.76. The van der Waals surface area contributed by atoms with Gasteiger partial charge in [-0.05, 0) is 47.9 Å². The Labute approximate surface area is 197 Å². The molecule has 0 radical (unpaired) electrons. The van der Waals surface area contributed by atoms with E-state index in [1.807, 2.05) is 0 Å². The van der Waals surface area contributed by atoms with E-state index in [4.69, 9.17) is 5.73 Å². The van der Waals surface area contributed by atoms with E-state index < -0.39 is 0 Å². The first-order valence-corrected chi connectivity index (χ1v) is 10.8. The Kier molecular flexibility index (Phi) is 10.1. The van der Waals surface area contributed by atoms with Crippen molar-refractivity contribution in [2.75, 3.05) is 18.4 Å². The summed E-state index contributed by atoms with van der Waals surface area (Å²) in [6.45, 7) is 7.64. The number of benzene rings is 2. The summed E-state index contributed by atoms with van der Waals surface area (Å²) in [4.78, 5) is 7.04. The van der Waals surface area contributed by atoms with Crippen LogP contribution in [0.15, 0.2) is 47.5 Å². The Morgan fingerprint density at radius 1 is 1.00 bits per heavy atom. The summed E-state index contributed by atoms with van der Waals surface area (Å²) in [5.41, 5.74) is 12.3. The molecule has 0 amide bonds. The molecule has 4 N–H and O–H groups in total. The smallest absolute Gasteiger partial charge is 0.193 e. The molecule has 164 valence electrons. The van der Waals surface area contributed by atoms with Gasteiger partial charge in [0.05, 0.1) is 12.6 Å². The van der Waals surface area contributed by atoms with Gasteiger partial charge in [-0.1, -0.05) is 56.3 Å². The zero-order valence-electron chi connectivity index (χ0n) is 18.1. The predicted octanol–water partition coefficient (Wildman–Crippen LogP) is 4.31. The molecule has 0 unspecified atom stereocenters. The molecule has 0 spiro atoms. The predicted molar refractivity (Wildman–Crippen MR) is 137 cm³/mol. The number of halogens is 1. The van der Waals surface area contributed by atoms with Gasteiger partial charge >= 0.3 is 0 Å². The van der Waals surface area contributed by atoms with E-state index in [-0.39, 0.29) is 30.1 Å². The molecular formula is C24H35IN4O. The molecule has 0 aromatic heterocycles. The van der Waals surface area contributed by atoms with Crippen molar-refractivity contribution in [2.24, 2.45) is 10.7 Å². The first kappa shape index (κ1) is 24.6. The number of nitrogens with one attached hydrogen (secondary N) is 1. The number of anilines is 1. The Balaban J connectivity index is 0.00000320. The van der Waals surface area contributed by atoms with E-state index >= 15 is 0 Å². The number of nitrogens with two attached hydrogens (primary N) is 1. The van der Waals surface area contributed by atoms with Gasteiger partial charge in [0.15, 0.2) is 5.96 Å². The SMILES string of the molecule is CCc1cccc(CC)c1NC(N)=NCc1ccccc1CN1CCC(O)CC1.I. The number of para-hydroxylation sites is 1. The van der Waals surface area contributed by atoms with Crippen LogP contribution in [0.3, 0.4) is 0 Å². The van der Waals surface area contributed by atoms with E-state index in [9.17, 15) is 5.11 Å². The number of aliphatic hydroxyl groups is 1. The first-order chi connectivity index (χ1) is 14.1. The Bertz CT molecular complexity index is 809. The normalized spacial score (nSPS) is 15.6. The number of nitrogens with zero attached hydrogens (tertiary/aromatic N) is 2. The third-order valence-electron chi connectivity index (χ3n) is 5.74. The number of hydrogen-bond acceptors (Lipinski definition) is 3. The maximum Gasteiger partial charge on any atom is 0.193 e. The van der Waals surface area contributed by atoms with Gasteiger partial charge < -0.3 is 16.2 Å². The van der Waals surface area contributed by atoms with E-state index in [1.165, 1.54) is 22.3 Å². The van der Waals surface area contributed by atoms with E-state index in [0.29, 0.717) is 12.5 Å². The number of piperidine rings is 1. The number of hydrogen-bond donors (Lipinski definition) is 3. The van der Waals surface area contributed by atoms with Crippen LogP contribution in [0.2, 0.25) is 0 Å². The molecule has 0 bridgehead atoms. The van der Waals surface area contributed by atoms with Crippen LogP contribution in [-0.2, 0) is 25.9 Å². The Morgan fingerprint density at radius 3 is 2.17 bits per heavy atom. The first-order valence-electron chi connectivity index (χ1n) is 10.8. The molecule has 1 heterocycles. The minimum absolute atomic E-state index is 0. The summed E-state index contributed by atoms with van der Waals surface area (Å²) in [6, 6.07) is 14.8. The number of rotatable bonds is 7. The number of guanidine groups is 1. The zero-order chi connectivity index (χ0) is 20.6. The maximum absolute atomic E-state index is 9.72. The monoisotopic (exact) mass is 522 g/mol. The lowest BCUT2D eigenvalue weighted by atomic mass is 10.0. The quantitative estimate of drug-likeness (QED) is 0.288. The molecule has 5 nitrogen and oxygen atoms in total. The lowest BCUT2D eigenvalue weighted by Crippen LogP contribution is -2.35. The van der Waals surface area contributed by atoms with E-state index in [2.05, 4.69) is 71.5 Å². The van der Waals surface area contributed by atoms with Crippen molar-refractivity contribution in [3.63, 3.8) is 0 Å².